The van der Waals surface area contributed by atoms with E-state index in [9.17, 15) is 4.79 Å². The predicted molar refractivity (Wildman–Crippen MR) is 70.3 cm³/mol. The third-order valence-electron chi connectivity index (χ3n) is 3.97. The van der Waals surface area contributed by atoms with Crippen LogP contribution in [0.1, 0.15) is 44.9 Å². The molecule has 0 aromatic heterocycles. The molecule has 2 atom stereocenters. The zero-order chi connectivity index (χ0) is 12.1. The number of halogens is 1. The van der Waals surface area contributed by atoms with Crippen molar-refractivity contribution in [2.45, 2.75) is 57.0 Å². The van der Waals surface area contributed by atoms with Gasteiger partial charge in [0, 0.05) is 30.9 Å². The quantitative estimate of drug-likeness (QED) is 0.605. The maximum Gasteiger partial charge on any atom is 0.220 e. The molecule has 1 amide bonds. The third kappa shape index (κ3) is 3.85. The van der Waals surface area contributed by atoms with E-state index in [1.54, 1.807) is 0 Å². The van der Waals surface area contributed by atoms with Crippen molar-refractivity contribution in [1.82, 2.24) is 10.2 Å². The molecule has 98 valence electrons. The fourth-order valence-corrected chi connectivity index (χ4v) is 3.22. The second-order valence-corrected chi connectivity index (χ2v) is 5.64. The second-order valence-electron chi connectivity index (χ2n) is 5.27. The van der Waals surface area contributed by atoms with Crippen LogP contribution in [-0.2, 0) is 4.79 Å². The molecule has 2 aliphatic heterocycles. The van der Waals surface area contributed by atoms with Gasteiger partial charge in [0.25, 0.3) is 0 Å². The molecule has 4 heteroatoms. The van der Waals surface area contributed by atoms with Crippen molar-refractivity contribution in [1.29, 1.82) is 0 Å². The normalized spacial score (nSPS) is 29.0. The van der Waals surface area contributed by atoms with E-state index in [2.05, 4.69) is 10.2 Å². The summed E-state index contributed by atoms with van der Waals surface area (Å²) in [6.07, 6.45) is 7.42. The Morgan fingerprint density at radius 1 is 1.29 bits per heavy atom. The van der Waals surface area contributed by atoms with Gasteiger partial charge in [-0.3, -0.25) is 4.79 Å². The minimum absolute atomic E-state index is 0.214. The van der Waals surface area contributed by atoms with Crippen molar-refractivity contribution < 1.29 is 4.79 Å². The van der Waals surface area contributed by atoms with E-state index in [-0.39, 0.29) is 5.91 Å². The van der Waals surface area contributed by atoms with Gasteiger partial charge in [-0.1, -0.05) is 0 Å². The molecule has 2 unspecified atom stereocenters. The Bertz CT molecular complexity index is 260. The number of fused-ring (bicyclic) bond motifs is 1. The van der Waals surface area contributed by atoms with Crippen LogP contribution in [0.4, 0.5) is 0 Å². The molecule has 2 fully saturated rings. The van der Waals surface area contributed by atoms with Crippen LogP contribution >= 0.6 is 11.6 Å². The summed E-state index contributed by atoms with van der Waals surface area (Å²) in [5.74, 6) is 0.875. The monoisotopic (exact) mass is 258 g/mol. The van der Waals surface area contributed by atoms with Crippen LogP contribution in [0.15, 0.2) is 0 Å². The first-order valence-electron chi connectivity index (χ1n) is 6.89. The number of alkyl halides is 1. The van der Waals surface area contributed by atoms with Crippen molar-refractivity contribution >= 4 is 17.5 Å². The molecule has 3 nitrogen and oxygen atoms in total. The molecule has 0 aromatic carbocycles. The number of unbranched alkanes of at least 4 members (excludes halogenated alkanes) is 1. The SMILES string of the molecule is O=C(CCCCCl)NC1CCN2CCCC2C1. The average Bonchev–Trinajstić information content (AvgIpc) is 2.76. The highest BCUT2D eigenvalue weighted by Gasteiger charge is 2.31. The number of amides is 1. The van der Waals surface area contributed by atoms with Crippen LogP contribution in [0.2, 0.25) is 0 Å². The van der Waals surface area contributed by atoms with E-state index in [0.29, 0.717) is 18.3 Å². The molecule has 2 aliphatic rings. The fourth-order valence-electron chi connectivity index (χ4n) is 3.04. The van der Waals surface area contributed by atoms with Crippen molar-refractivity contribution in [3.05, 3.63) is 0 Å². The van der Waals surface area contributed by atoms with Gasteiger partial charge in [-0.15, -0.1) is 11.6 Å². The summed E-state index contributed by atoms with van der Waals surface area (Å²) in [5, 5.41) is 3.18. The summed E-state index contributed by atoms with van der Waals surface area (Å²) >= 11 is 5.60. The molecule has 0 aliphatic carbocycles. The van der Waals surface area contributed by atoms with Crippen LogP contribution in [-0.4, -0.2) is 41.9 Å². The number of piperidine rings is 1. The smallest absolute Gasteiger partial charge is 0.220 e. The highest BCUT2D eigenvalue weighted by Crippen LogP contribution is 2.26. The van der Waals surface area contributed by atoms with E-state index in [1.165, 1.54) is 19.4 Å². The molecule has 1 N–H and O–H groups in total. The lowest BCUT2D eigenvalue weighted by atomic mass is 9.97. The Balaban J connectivity index is 1.67. The zero-order valence-corrected chi connectivity index (χ0v) is 11.2. The summed E-state index contributed by atoms with van der Waals surface area (Å²) in [4.78, 5) is 14.3. The molecule has 17 heavy (non-hydrogen) atoms. The maximum absolute atomic E-state index is 11.7. The van der Waals surface area contributed by atoms with Crippen molar-refractivity contribution in [3.63, 3.8) is 0 Å². The first-order chi connectivity index (χ1) is 8.29. The van der Waals surface area contributed by atoms with Gasteiger partial charge < -0.3 is 10.2 Å². The van der Waals surface area contributed by atoms with Crippen LogP contribution in [0, 0.1) is 0 Å². The van der Waals surface area contributed by atoms with E-state index in [0.717, 1.165) is 38.3 Å². The zero-order valence-electron chi connectivity index (χ0n) is 10.5. The average molecular weight is 259 g/mol. The second kappa shape index (κ2) is 6.60. The molecule has 2 rings (SSSR count). The van der Waals surface area contributed by atoms with Crippen LogP contribution in [0.5, 0.6) is 0 Å². The van der Waals surface area contributed by atoms with Gasteiger partial charge in [0.05, 0.1) is 0 Å². The largest absolute Gasteiger partial charge is 0.353 e. The molecule has 2 saturated heterocycles. The number of nitrogens with zero attached hydrogens (tertiary/aromatic N) is 1. The molecule has 0 bridgehead atoms. The van der Waals surface area contributed by atoms with E-state index >= 15 is 0 Å². The van der Waals surface area contributed by atoms with Crippen molar-refractivity contribution in [3.8, 4) is 0 Å². The van der Waals surface area contributed by atoms with Crippen molar-refractivity contribution in [2.24, 2.45) is 0 Å². The number of carbonyl (C=O) groups excluding carboxylic acids is 1. The Hall–Kier alpha value is -0.280. The highest BCUT2D eigenvalue weighted by molar-refractivity contribution is 6.17. The minimum atomic E-state index is 0.214. The molecule has 2 heterocycles. The Labute approximate surface area is 109 Å². The van der Waals surface area contributed by atoms with Gasteiger partial charge in [-0.05, 0) is 45.1 Å². The van der Waals surface area contributed by atoms with Gasteiger partial charge in [-0.25, -0.2) is 0 Å². The summed E-state index contributed by atoms with van der Waals surface area (Å²) in [6.45, 7) is 2.43. The number of hydrogen-bond donors (Lipinski definition) is 1. The lowest BCUT2D eigenvalue weighted by molar-refractivity contribution is -0.122. The van der Waals surface area contributed by atoms with E-state index in [4.69, 9.17) is 11.6 Å². The maximum atomic E-state index is 11.7. The topological polar surface area (TPSA) is 32.3 Å². The lowest BCUT2D eigenvalue weighted by Gasteiger charge is -2.35. The van der Waals surface area contributed by atoms with Crippen LogP contribution in [0.25, 0.3) is 0 Å². The van der Waals surface area contributed by atoms with Crippen LogP contribution < -0.4 is 5.32 Å². The molecular weight excluding hydrogens is 236 g/mol. The number of nitrogens with one attached hydrogen (secondary N) is 1. The minimum Gasteiger partial charge on any atom is -0.353 e. The third-order valence-corrected chi connectivity index (χ3v) is 4.24. The Morgan fingerprint density at radius 2 is 2.18 bits per heavy atom. The lowest BCUT2D eigenvalue weighted by Crippen LogP contribution is -2.47. The van der Waals surface area contributed by atoms with Gasteiger partial charge in [0.1, 0.15) is 0 Å². The van der Waals surface area contributed by atoms with E-state index in [1.807, 2.05) is 0 Å². The molecule has 0 aromatic rings. The Morgan fingerprint density at radius 3 is 3.00 bits per heavy atom. The first kappa shape index (κ1) is 13.2. The molecular formula is C13H23ClN2O. The van der Waals surface area contributed by atoms with Gasteiger partial charge in [0.15, 0.2) is 0 Å². The van der Waals surface area contributed by atoms with Gasteiger partial charge >= 0.3 is 0 Å². The molecule has 0 saturated carbocycles. The predicted octanol–water partition coefficient (Wildman–Crippen LogP) is 2.14. The Kier molecular flexibility index (Phi) is 5.11. The first-order valence-corrected chi connectivity index (χ1v) is 7.42. The van der Waals surface area contributed by atoms with Gasteiger partial charge in [0.2, 0.25) is 5.91 Å². The standard InChI is InChI=1S/C13H23ClN2O/c14-7-2-1-5-13(17)15-11-6-9-16-8-3-4-12(16)10-11/h11-12H,1-10H2,(H,15,17). The fraction of sp³-hybridized carbons (Fsp3) is 0.923. The summed E-state index contributed by atoms with van der Waals surface area (Å²) in [6, 6.07) is 1.15. The summed E-state index contributed by atoms with van der Waals surface area (Å²) in [7, 11) is 0. The number of hydrogen-bond acceptors (Lipinski definition) is 2. The van der Waals surface area contributed by atoms with Gasteiger partial charge in [-0.2, -0.15) is 0 Å². The van der Waals surface area contributed by atoms with Crippen molar-refractivity contribution in [2.75, 3.05) is 19.0 Å². The highest BCUT2D eigenvalue weighted by atomic mass is 35.5. The summed E-state index contributed by atoms with van der Waals surface area (Å²) < 4.78 is 0. The molecule has 0 radical (unpaired) electrons. The molecule has 0 spiro atoms. The number of rotatable bonds is 5. The summed E-state index contributed by atoms with van der Waals surface area (Å²) in [5.41, 5.74) is 0. The number of carbonyl (C=O) groups is 1. The van der Waals surface area contributed by atoms with E-state index < -0.39 is 0 Å². The van der Waals surface area contributed by atoms with Crippen LogP contribution in [0.3, 0.4) is 0 Å².